The summed E-state index contributed by atoms with van der Waals surface area (Å²) in [5.74, 6) is 0.150. The quantitative estimate of drug-likeness (QED) is 0.656. The van der Waals surface area contributed by atoms with E-state index in [-0.39, 0.29) is 17.8 Å². The number of ether oxygens (including phenoxy) is 1. The molecule has 3 rings (SSSR count). The number of anilines is 1. The Bertz CT molecular complexity index is 648. The fourth-order valence-electron chi connectivity index (χ4n) is 3.10. The highest BCUT2D eigenvalue weighted by Crippen LogP contribution is 2.17. The van der Waals surface area contributed by atoms with Gasteiger partial charge in [-0.1, -0.05) is 0 Å². The molecule has 1 unspecified atom stereocenters. The molecule has 0 saturated carbocycles. The van der Waals surface area contributed by atoms with E-state index in [1.165, 1.54) is 0 Å². The third-order valence-corrected chi connectivity index (χ3v) is 4.99. The zero-order valence-electron chi connectivity index (χ0n) is 14.4. The molecule has 2 aliphatic heterocycles. The van der Waals surface area contributed by atoms with E-state index in [1.54, 1.807) is 19.1 Å². The number of piperazine rings is 1. The van der Waals surface area contributed by atoms with Crippen LogP contribution in [0.1, 0.15) is 30.1 Å². The van der Waals surface area contributed by atoms with Gasteiger partial charge in [0.2, 0.25) is 0 Å². The number of rotatable bonds is 3. The minimum Gasteiger partial charge on any atom is -0.368 e. The molecule has 0 aliphatic carbocycles. The van der Waals surface area contributed by atoms with Crippen molar-refractivity contribution < 1.29 is 14.3 Å². The first-order valence-corrected chi connectivity index (χ1v) is 9.03. The van der Waals surface area contributed by atoms with Gasteiger partial charge in [-0.3, -0.25) is 9.59 Å². The topological polar surface area (TPSA) is 61.9 Å². The van der Waals surface area contributed by atoms with Gasteiger partial charge in [-0.25, -0.2) is 0 Å². The van der Waals surface area contributed by atoms with Crippen molar-refractivity contribution in [1.29, 1.82) is 0 Å². The second-order valence-corrected chi connectivity index (χ2v) is 6.76. The van der Waals surface area contributed by atoms with Crippen LogP contribution in [0.15, 0.2) is 24.3 Å². The number of Topliss-reactive ketones (excluding diaryl/α,β-unsaturated/α-hetero) is 1. The van der Waals surface area contributed by atoms with Crippen LogP contribution in [0.2, 0.25) is 0 Å². The Labute approximate surface area is 153 Å². The van der Waals surface area contributed by atoms with Crippen molar-refractivity contribution in [3.05, 3.63) is 29.8 Å². The minimum absolute atomic E-state index is 0.0427. The average Bonchev–Trinajstić information content (AvgIpc) is 3.16. The lowest BCUT2D eigenvalue weighted by Gasteiger charge is -2.37. The van der Waals surface area contributed by atoms with Crippen molar-refractivity contribution in [2.45, 2.75) is 25.9 Å². The fourth-order valence-corrected chi connectivity index (χ4v) is 3.40. The molecule has 2 heterocycles. The van der Waals surface area contributed by atoms with Gasteiger partial charge in [0.25, 0.3) is 5.91 Å². The van der Waals surface area contributed by atoms with E-state index in [4.69, 9.17) is 17.0 Å². The molecule has 1 aromatic rings. The number of amides is 1. The van der Waals surface area contributed by atoms with Crippen LogP contribution in [0.4, 0.5) is 5.69 Å². The summed E-state index contributed by atoms with van der Waals surface area (Å²) >= 11 is 5.47. The molecule has 2 fully saturated rings. The summed E-state index contributed by atoms with van der Waals surface area (Å²) in [7, 11) is 0. The Morgan fingerprint density at radius 1 is 1.12 bits per heavy atom. The molecule has 2 saturated heterocycles. The van der Waals surface area contributed by atoms with E-state index in [2.05, 4.69) is 10.2 Å². The predicted molar refractivity (Wildman–Crippen MR) is 99.8 cm³/mol. The van der Waals surface area contributed by atoms with Crippen LogP contribution in [-0.2, 0) is 9.53 Å². The molecule has 1 N–H and O–H groups in total. The van der Waals surface area contributed by atoms with Gasteiger partial charge in [0.05, 0.1) is 0 Å². The SMILES string of the molecule is CC(=O)c1ccc(NC(=S)N2CCN(C(=O)C3CCCO3)CC2)cc1. The third-order valence-electron chi connectivity index (χ3n) is 4.63. The zero-order chi connectivity index (χ0) is 17.8. The van der Waals surface area contributed by atoms with Crippen molar-refractivity contribution >= 4 is 34.7 Å². The lowest BCUT2D eigenvalue weighted by Crippen LogP contribution is -2.53. The van der Waals surface area contributed by atoms with Crippen LogP contribution < -0.4 is 5.32 Å². The van der Waals surface area contributed by atoms with Crippen LogP contribution in [0.25, 0.3) is 0 Å². The van der Waals surface area contributed by atoms with Crippen molar-refractivity contribution in [2.24, 2.45) is 0 Å². The number of benzene rings is 1. The van der Waals surface area contributed by atoms with Crippen LogP contribution >= 0.6 is 12.2 Å². The summed E-state index contributed by atoms with van der Waals surface area (Å²) in [5, 5.41) is 3.83. The normalized spacial score (nSPS) is 20.4. The molecule has 2 aliphatic rings. The molecule has 0 bridgehead atoms. The Hall–Kier alpha value is -1.99. The molecule has 0 radical (unpaired) electrons. The van der Waals surface area contributed by atoms with Crippen LogP contribution in [-0.4, -0.2) is 65.5 Å². The molecule has 134 valence electrons. The number of nitrogens with one attached hydrogen (secondary N) is 1. The Kier molecular flexibility index (Phi) is 5.65. The van der Waals surface area contributed by atoms with Gasteiger partial charge in [0.15, 0.2) is 10.9 Å². The van der Waals surface area contributed by atoms with Crippen LogP contribution in [0.5, 0.6) is 0 Å². The van der Waals surface area contributed by atoms with Gasteiger partial charge >= 0.3 is 0 Å². The monoisotopic (exact) mass is 361 g/mol. The first kappa shape index (κ1) is 17.8. The molecule has 0 spiro atoms. The second-order valence-electron chi connectivity index (χ2n) is 6.38. The van der Waals surface area contributed by atoms with E-state index >= 15 is 0 Å². The highest BCUT2D eigenvalue weighted by Gasteiger charge is 2.30. The number of thiocarbonyl (C=S) groups is 1. The number of hydrogen-bond acceptors (Lipinski definition) is 4. The first-order valence-electron chi connectivity index (χ1n) is 8.62. The third kappa shape index (κ3) is 4.35. The number of carbonyl (C=O) groups excluding carboxylic acids is 2. The van der Waals surface area contributed by atoms with Gasteiger partial charge in [0, 0.05) is 44.0 Å². The number of nitrogens with zero attached hydrogens (tertiary/aromatic N) is 2. The molecule has 25 heavy (non-hydrogen) atoms. The maximum atomic E-state index is 12.4. The standard InChI is InChI=1S/C18H23N3O3S/c1-13(22)14-4-6-15(7-5-14)19-18(25)21-10-8-20(9-11-21)17(23)16-3-2-12-24-16/h4-7,16H,2-3,8-12H2,1H3,(H,19,25). The zero-order valence-corrected chi connectivity index (χ0v) is 15.2. The van der Waals surface area contributed by atoms with E-state index in [0.29, 0.717) is 43.5 Å². The number of carbonyl (C=O) groups is 2. The summed E-state index contributed by atoms with van der Waals surface area (Å²) in [5.41, 5.74) is 1.53. The lowest BCUT2D eigenvalue weighted by atomic mass is 10.1. The molecular weight excluding hydrogens is 338 g/mol. The van der Waals surface area contributed by atoms with Gasteiger partial charge in [-0.05, 0) is 56.2 Å². The molecular formula is C18H23N3O3S. The summed E-state index contributed by atoms with van der Waals surface area (Å²) < 4.78 is 5.48. The first-order chi connectivity index (χ1) is 12.0. The second kappa shape index (κ2) is 7.93. The maximum Gasteiger partial charge on any atom is 0.251 e. The minimum atomic E-state index is -0.253. The van der Waals surface area contributed by atoms with E-state index in [9.17, 15) is 9.59 Å². The summed E-state index contributed by atoms with van der Waals surface area (Å²) in [6, 6.07) is 7.26. The number of hydrogen-bond donors (Lipinski definition) is 1. The van der Waals surface area contributed by atoms with Crippen LogP contribution in [0, 0.1) is 0 Å². The molecule has 0 aromatic heterocycles. The summed E-state index contributed by atoms with van der Waals surface area (Å²) in [6.45, 7) is 4.95. The van der Waals surface area contributed by atoms with E-state index in [0.717, 1.165) is 18.5 Å². The van der Waals surface area contributed by atoms with Gasteiger partial charge in [-0.15, -0.1) is 0 Å². The molecule has 7 heteroatoms. The Morgan fingerprint density at radius 2 is 1.76 bits per heavy atom. The molecule has 1 aromatic carbocycles. The van der Waals surface area contributed by atoms with Crippen molar-refractivity contribution in [2.75, 3.05) is 38.1 Å². The fraction of sp³-hybridized carbons (Fsp3) is 0.500. The highest BCUT2D eigenvalue weighted by molar-refractivity contribution is 7.80. The highest BCUT2D eigenvalue weighted by atomic mass is 32.1. The predicted octanol–water partition coefficient (Wildman–Crippen LogP) is 1.91. The molecule has 1 amide bonds. The van der Waals surface area contributed by atoms with E-state index < -0.39 is 0 Å². The Morgan fingerprint density at radius 3 is 2.32 bits per heavy atom. The molecule has 1 atom stereocenters. The van der Waals surface area contributed by atoms with Crippen LogP contribution in [0.3, 0.4) is 0 Å². The lowest BCUT2D eigenvalue weighted by molar-refractivity contribution is -0.142. The summed E-state index contributed by atoms with van der Waals surface area (Å²) in [6.07, 6.45) is 1.54. The van der Waals surface area contributed by atoms with Gasteiger partial charge in [0.1, 0.15) is 6.10 Å². The average molecular weight is 361 g/mol. The van der Waals surface area contributed by atoms with E-state index in [1.807, 2.05) is 17.0 Å². The maximum absolute atomic E-state index is 12.4. The molecule has 6 nitrogen and oxygen atoms in total. The van der Waals surface area contributed by atoms with Gasteiger partial charge in [-0.2, -0.15) is 0 Å². The van der Waals surface area contributed by atoms with Crippen molar-refractivity contribution in [3.8, 4) is 0 Å². The smallest absolute Gasteiger partial charge is 0.251 e. The van der Waals surface area contributed by atoms with Crippen molar-refractivity contribution in [3.63, 3.8) is 0 Å². The number of ketones is 1. The largest absolute Gasteiger partial charge is 0.368 e. The Balaban J connectivity index is 1.49. The van der Waals surface area contributed by atoms with Crippen molar-refractivity contribution in [1.82, 2.24) is 9.80 Å². The van der Waals surface area contributed by atoms with Gasteiger partial charge < -0.3 is 19.9 Å². The summed E-state index contributed by atoms with van der Waals surface area (Å²) in [4.78, 5) is 27.6.